The summed E-state index contributed by atoms with van der Waals surface area (Å²) in [5.74, 6) is -1.22. The quantitative estimate of drug-likeness (QED) is 0.248. The number of hydrogen-bond acceptors (Lipinski definition) is 10. The van der Waals surface area contributed by atoms with E-state index < -0.39 is 71.8 Å². The van der Waals surface area contributed by atoms with Crippen LogP contribution < -0.4 is 0 Å². The molecule has 1 aromatic carbocycles. The van der Waals surface area contributed by atoms with Gasteiger partial charge in [0.2, 0.25) is 0 Å². The van der Waals surface area contributed by atoms with Crippen LogP contribution in [0.15, 0.2) is 30.3 Å². The lowest BCUT2D eigenvalue weighted by Gasteiger charge is -2.42. The molecule has 6 N–H and O–H groups in total. The summed E-state index contributed by atoms with van der Waals surface area (Å²) in [6.07, 6.45) is -9.90. The Morgan fingerprint density at radius 1 is 1.03 bits per heavy atom. The summed E-state index contributed by atoms with van der Waals surface area (Å²) in [6.45, 7) is -0.398. The molecule has 2 aliphatic rings. The number of aliphatic hydroxyl groups excluding tert-OH is 5. The Bertz CT molecular complexity index is 804. The van der Waals surface area contributed by atoms with E-state index in [1.165, 1.54) is 0 Å². The summed E-state index contributed by atoms with van der Waals surface area (Å²) >= 11 is 0. The van der Waals surface area contributed by atoms with Gasteiger partial charge in [0.1, 0.15) is 18.3 Å². The van der Waals surface area contributed by atoms with Crippen molar-refractivity contribution in [2.24, 2.45) is 11.8 Å². The number of rotatable bonds is 8. The molecule has 1 aliphatic carbocycles. The SMILES string of the molecule is O=S(=O)(O)O[C@H]1[C@H](O)[C@@H](O)[C@H](OCc2ccccc2)O[C@@H]1CC1C[C@@H](O)[C@H](O)[C@H]1CO. The summed E-state index contributed by atoms with van der Waals surface area (Å²) in [7, 11) is -5.00. The predicted molar refractivity (Wildman–Crippen MR) is 104 cm³/mol. The molecule has 31 heavy (non-hydrogen) atoms. The first kappa shape index (κ1) is 24.5. The first-order valence-corrected chi connectivity index (χ1v) is 11.3. The van der Waals surface area contributed by atoms with Crippen LogP contribution in [0.5, 0.6) is 0 Å². The third-order valence-electron chi connectivity index (χ3n) is 5.86. The van der Waals surface area contributed by atoms with E-state index in [1.54, 1.807) is 24.3 Å². The van der Waals surface area contributed by atoms with E-state index in [1.807, 2.05) is 6.07 Å². The van der Waals surface area contributed by atoms with Crippen LogP contribution in [0.3, 0.4) is 0 Å². The van der Waals surface area contributed by atoms with Gasteiger partial charge in [-0.2, -0.15) is 8.42 Å². The van der Waals surface area contributed by atoms with Gasteiger partial charge in [-0.05, 0) is 24.3 Å². The van der Waals surface area contributed by atoms with Gasteiger partial charge in [0.15, 0.2) is 6.29 Å². The van der Waals surface area contributed by atoms with Gasteiger partial charge < -0.3 is 35.0 Å². The van der Waals surface area contributed by atoms with Crippen LogP contribution in [0.4, 0.5) is 0 Å². The first-order valence-electron chi connectivity index (χ1n) is 9.90. The van der Waals surface area contributed by atoms with Crippen molar-refractivity contribution in [1.29, 1.82) is 0 Å². The van der Waals surface area contributed by atoms with Gasteiger partial charge in [-0.25, -0.2) is 4.18 Å². The van der Waals surface area contributed by atoms with E-state index >= 15 is 0 Å². The highest BCUT2D eigenvalue weighted by atomic mass is 32.3. The lowest BCUT2D eigenvalue weighted by Crippen LogP contribution is -2.59. The fraction of sp³-hybridized carbons (Fsp3) is 0.684. The second kappa shape index (κ2) is 10.2. The summed E-state index contributed by atoms with van der Waals surface area (Å²) in [5, 5.41) is 50.4. The molecule has 176 valence electrons. The van der Waals surface area contributed by atoms with Crippen molar-refractivity contribution in [1.82, 2.24) is 0 Å². The largest absolute Gasteiger partial charge is 0.397 e. The molecule has 0 spiro atoms. The van der Waals surface area contributed by atoms with Crippen molar-refractivity contribution in [3.63, 3.8) is 0 Å². The van der Waals surface area contributed by atoms with Crippen molar-refractivity contribution in [2.45, 2.75) is 62.4 Å². The van der Waals surface area contributed by atoms with E-state index in [4.69, 9.17) is 14.0 Å². The molecule has 0 amide bonds. The van der Waals surface area contributed by atoms with Gasteiger partial charge in [0.05, 0.1) is 24.9 Å². The second-order valence-electron chi connectivity index (χ2n) is 7.95. The number of ether oxygens (including phenoxy) is 2. The Morgan fingerprint density at radius 2 is 1.71 bits per heavy atom. The number of aliphatic hydroxyl groups is 5. The zero-order valence-corrected chi connectivity index (χ0v) is 17.4. The monoisotopic (exact) mass is 464 g/mol. The third kappa shape index (κ3) is 5.99. The Labute approximate surface area is 179 Å². The Balaban J connectivity index is 1.77. The molecule has 11 nitrogen and oxygen atoms in total. The molecule has 3 rings (SSSR count). The van der Waals surface area contributed by atoms with Crippen LogP contribution in [0.1, 0.15) is 18.4 Å². The summed E-state index contributed by atoms with van der Waals surface area (Å²) in [4.78, 5) is 0. The van der Waals surface area contributed by atoms with E-state index in [0.29, 0.717) is 0 Å². The zero-order valence-electron chi connectivity index (χ0n) is 16.5. The van der Waals surface area contributed by atoms with Crippen LogP contribution in [0.25, 0.3) is 0 Å². The topological polar surface area (TPSA) is 183 Å². The Kier molecular flexibility index (Phi) is 8.02. The third-order valence-corrected chi connectivity index (χ3v) is 6.32. The van der Waals surface area contributed by atoms with Crippen LogP contribution in [0, 0.1) is 11.8 Å². The second-order valence-corrected chi connectivity index (χ2v) is 8.99. The molecule has 0 aromatic heterocycles. The van der Waals surface area contributed by atoms with Crippen molar-refractivity contribution >= 4 is 10.4 Å². The Morgan fingerprint density at radius 3 is 2.32 bits per heavy atom. The van der Waals surface area contributed by atoms with Gasteiger partial charge >= 0.3 is 10.4 Å². The lowest BCUT2D eigenvalue weighted by molar-refractivity contribution is -0.298. The van der Waals surface area contributed by atoms with E-state index in [-0.39, 0.29) is 19.4 Å². The maximum Gasteiger partial charge on any atom is 0.397 e. The molecule has 9 atom stereocenters. The molecular formula is C19H28O11S. The smallest absolute Gasteiger partial charge is 0.396 e. The van der Waals surface area contributed by atoms with Crippen LogP contribution in [0.2, 0.25) is 0 Å². The average molecular weight is 464 g/mol. The number of benzene rings is 1. The molecule has 2 fully saturated rings. The predicted octanol–water partition coefficient (Wildman–Crippen LogP) is -1.42. The van der Waals surface area contributed by atoms with E-state index in [2.05, 4.69) is 4.18 Å². The normalized spacial score (nSPS) is 39.0. The van der Waals surface area contributed by atoms with Gasteiger partial charge in [-0.1, -0.05) is 30.3 Å². The van der Waals surface area contributed by atoms with Gasteiger partial charge in [-0.15, -0.1) is 0 Å². The summed E-state index contributed by atoms with van der Waals surface area (Å²) in [5.41, 5.74) is 0.767. The van der Waals surface area contributed by atoms with Crippen LogP contribution in [-0.2, 0) is 30.7 Å². The lowest BCUT2D eigenvalue weighted by atomic mass is 9.86. The minimum atomic E-state index is -5.00. The minimum Gasteiger partial charge on any atom is -0.396 e. The van der Waals surface area contributed by atoms with Crippen molar-refractivity contribution in [3.05, 3.63) is 35.9 Å². The molecule has 1 saturated heterocycles. The highest BCUT2D eigenvalue weighted by molar-refractivity contribution is 7.80. The maximum atomic E-state index is 11.3. The fourth-order valence-corrected chi connectivity index (χ4v) is 4.78. The highest BCUT2D eigenvalue weighted by Crippen LogP contribution is 2.39. The zero-order chi connectivity index (χ0) is 22.8. The molecule has 12 heteroatoms. The van der Waals surface area contributed by atoms with E-state index in [0.717, 1.165) is 5.56 Å². The fourth-order valence-electron chi connectivity index (χ4n) is 4.26. The van der Waals surface area contributed by atoms with Gasteiger partial charge in [0.25, 0.3) is 0 Å². The number of hydrogen-bond donors (Lipinski definition) is 6. The maximum absolute atomic E-state index is 11.3. The van der Waals surface area contributed by atoms with Gasteiger partial charge in [0, 0.05) is 12.5 Å². The molecular weight excluding hydrogens is 436 g/mol. The molecule has 1 aromatic rings. The molecule has 1 aliphatic heterocycles. The molecule has 0 bridgehead atoms. The van der Waals surface area contributed by atoms with Crippen LogP contribution >= 0.6 is 0 Å². The summed E-state index contributed by atoms with van der Waals surface area (Å²) in [6, 6.07) is 8.95. The van der Waals surface area contributed by atoms with Crippen molar-refractivity contribution in [3.8, 4) is 0 Å². The summed E-state index contributed by atoms with van der Waals surface area (Å²) < 4.78 is 47.5. The van der Waals surface area contributed by atoms with Crippen LogP contribution in [-0.4, -0.2) is 88.0 Å². The average Bonchev–Trinajstić information content (AvgIpc) is 2.99. The highest BCUT2D eigenvalue weighted by Gasteiger charge is 2.50. The molecule has 1 heterocycles. The Hall–Kier alpha value is -1.19. The standard InChI is InChI=1S/C19H28O11S/c20-8-12-11(6-13(21)15(12)22)7-14-18(30-31(25,26)27)16(23)17(24)19(29-14)28-9-10-4-2-1-3-5-10/h1-5,11-24H,6-9H2,(H,25,26,27)/t11?,12-,13+,14+,15+,16+,17+,18+,19+/m0/s1. The van der Waals surface area contributed by atoms with Crippen molar-refractivity contribution < 1.29 is 52.2 Å². The molecule has 1 unspecified atom stereocenters. The first-order chi connectivity index (χ1) is 14.6. The van der Waals surface area contributed by atoms with E-state index in [9.17, 15) is 34.0 Å². The van der Waals surface area contributed by atoms with Crippen molar-refractivity contribution in [2.75, 3.05) is 6.61 Å². The van der Waals surface area contributed by atoms with Gasteiger partial charge in [-0.3, -0.25) is 4.55 Å². The molecule has 0 radical (unpaired) electrons. The molecule has 1 saturated carbocycles. The minimum absolute atomic E-state index is 0.0337.